The van der Waals surface area contributed by atoms with Gasteiger partial charge in [0, 0.05) is 42.2 Å². The van der Waals surface area contributed by atoms with Crippen LogP contribution < -0.4 is 5.56 Å². The second kappa shape index (κ2) is 7.83. The molecule has 0 unspecified atom stereocenters. The van der Waals surface area contributed by atoms with Gasteiger partial charge in [0.15, 0.2) is 5.78 Å². The lowest BCUT2D eigenvalue weighted by Crippen LogP contribution is -2.25. The van der Waals surface area contributed by atoms with Gasteiger partial charge in [0.05, 0.1) is 34.8 Å². The number of nitrogens with zero attached hydrogens (tertiary/aromatic N) is 4. The summed E-state index contributed by atoms with van der Waals surface area (Å²) in [6.45, 7) is 5.19. The molecule has 9 nitrogen and oxygen atoms in total. The van der Waals surface area contributed by atoms with E-state index in [1.54, 1.807) is 0 Å². The minimum absolute atomic E-state index is 0.137. The van der Waals surface area contributed by atoms with Crippen molar-refractivity contribution in [3.63, 3.8) is 0 Å². The molecule has 0 aliphatic carbocycles. The Bertz CT molecular complexity index is 1200. The van der Waals surface area contributed by atoms with Gasteiger partial charge in [-0.3, -0.25) is 24.3 Å². The second-order valence-electron chi connectivity index (χ2n) is 7.59. The summed E-state index contributed by atoms with van der Waals surface area (Å²) in [5.41, 5.74) is 2.08. The molecule has 0 amide bonds. The maximum atomic E-state index is 12.9. The Labute approximate surface area is 172 Å². The van der Waals surface area contributed by atoms with Crippen LogP contribution in [0.4, 0.5) is 5.69 Å². The van der Waals surface area contributed by atoms with Gasteiger partial charge in [-0.25, -0.2) is 4.98 Å². The molecular weight excluding hydrogens is 388 g/mol. The highest BCUT2D eigenvalue weighted by atomic mass is 16.6. The van der Waals surface area contributed by atoms with Crippen molar-refractivity contribution in [2.75, 3.05) is 6.61 Å². The third-order valence-electron chi connectivity index (χ3n) is 5.62. The van der Waals surface area contributed by atoms with Crippen LogP contribution in [0.25, 0.3) is 10.9 Å². The van der Waals surface area contributed by atoms with Gasteiger partial charge in [0.25, 0.3) is 11.2 Å². The first kappa shape index (κ1) is 20.0. The van der Waals surface area contributed by atoms with E-state index in [0.717, 1.165) is 30.8 Å². The number of Topliss-reactive ketones (excluding diaryl/α,β-unsaturated/α-hetero) is 1. The van der Waals surface area contributed by atoms with Gasteiger partial charge >= 0.3 is 0 Å². The van der Waals surface area contributed by atoms with Crippen LogP contribution in [0, 0.1) is 24.0 Å². The number of nitro benzene ring substituents is 1. The van der Waals surface area contributed by atoms with Gasteiger partial charge in [-0.05, 0) is 38.8 Å². The van der Waals surface area contributed by atoms with Crippen LogP contribution >= 0.6 is 0 Å². The zero-order valence-electron chi connectivity index (χ0n) is 16.8. The fraction of sp³-hybridized carbons (Fsp3) is 0.381. The van der Waals surface area contributed by atoms with E-state index in [4.69, 9.17) is 4.74 Å². The summed E-state index contributed by atoms with van der Waals surface area (Å²) in [7, 11) is 0. The molecule has 3 aromatic rings. The summed E-state index contributed by atoms with van der Waals surface area (Å²) >= 11 is 0. The average Bonchev–Trinajstić information content (AvgIpc) is 3.33. The topological polar surface area (TPSA) is 109 Å². The van der Waals surface area contributed by atoms with Crippen LogP contribution in [0.1, 0.15) is 34.6 Å². The molecule has 1 aromatic carbocycles. The van der Waals surface area contributed by atoms with Crippen LogP contribution in [0.2, 0.25) is 0 Å². The van der Waals surface area contributed by atoms with E-state index in [-0.39, 0.29) is 35.0 Å². The Kier molecular flexibility index (Phi) is 5.21. The SMILES string of the molecule is Cc1cc(C(=O)Cn2cnc3cc([N+](=O)[O-])ccc3c2=O)c(C)n1C[C@H]1CCCO1. The Morgan fingerprint density at radius 1 is 1.33 bits per heavy atom. The first-order valence-corrected chi connectivity index (χ1v) is 9.80. The van der Waals surface area contributed by atoms with E-state index in [9.17, 15) is 19.7 Å². The van der Waals surface area contributed by atoms with Crippen molar-refractivity contribution in [2.45, 2.75) is 45.9 Å². The lowest BCUT2D eigenvalue weighted by Gasteiger charge is -2.15. The zero-order valence-corrected chi connectivity index (χ0v) is 16.8. The highest BCUT2D eigenvalue weighted by molar-refractivity contribution is 5.97. The van der Waals surface area contributed by atoms with E-state index >= 15 is 0 Å². The molecule has 1 fully saturated rings. The number of ether oxygens (including phenoxy) is 1. The summed E-state index contributed by atoms with van der Waals surface area (Å²) in [5.74, 6) is -0.188. The summed E-state index contributed by atoms with van der Waals surface area (Å²) in [6.07, 6.45) is 3.49. The average molecular weight is 410 g/mol. The minimum atomic E-state index is -0.539. The van der Waals surface area contributed by atoms with Crippen molar-refractivity contribution in [1.82, 2.24) is 14.1 Å². The van der Waals surface area contributed by atoms with Crippen molar-refractivity contribution in [2.24, 2.45) is 0 Å². The van der Waals surface area contributed by atoms with E-state index < -0.39 is 10.5 Å². The van der Waals surface area contributed by atoms with Crippen LogP contribution in [0.3, 0.4) is 0 Å². The molecular formula is C21H22N4O5. The second-order valence-corrected chi connectivity index (χ2v) is 7.59. The van der Waals surface area contributed by atoms with Crippen LogP contribution in [-0.2, 0) is 17.8 Å². The monoisotopic (exact) mass is 410 g/mol. The molecule has 2 aromatic heterocycles. The number of hydrogen-bond acceptors (Lipinski definition) is 6. The van der Waals surface area contributed by atoms with Gasteiger partial charge in [-0.15, -0.1) is 0 Å². The molecule has 1 saturated heterocycles. The number of ketones is 1. The van der Waals surface area contributed by atoms with Crippen molar-refractivity contribution in [3.8, 4) is 0 Å². The highest BCUT2D eigenvalue weighted by Crippen LogP contribution is 2.21. The molecule has 0 saturated carbocycles. The van der Waals surface area contributed by atoms with Crippen LogP contribution in [-0.4, -0.2) is 37.5 Å². The molecule has 9 heteroatoms. The molecule has 0 spiro atoms. The summed E-state index contributed by atoms with van der Waals surface area (Å²) in [4.78, 5) is 40.2. The maximum absolute atomic E-state index is 12.9. The number of nitro groups is 1. The van der Waals surface area contributed by atoms with Gasteiger partial charge in [-0.2, -0.15) is 0 Å². The van der Waals surface area contributed by atoms with Crippen LogP contribution in [0.15, 0.2) is 35.4 Å². The molecule has 1 aliphatic rings. The summed E-state index contributed by atoms with van der Waals surface area (Å²) in [6, 6.07) is 5.73. The fourth-order valence-corrected chi connectivity index (χ4v) is 3.97. The highest BCUT2D eigenvalue weighted by Gasteiger charge is 2.21. The first-order chi connectivity index (χ1) is 14.3. The van der Waals surface area contributed by atoms with Gasteiger partial charge in [0.1, 0.15) is 0 Å². The number of hydrogen-bond donors (Lipinski definition) is 0. The predicted octanol–water partition coefficient (Wildman–Crippen LogP) is 2.78. The predicted molar refractivity (Wildman–Crippen MR) is 110 cm³/mol. The summed E-state index contributed by atoms with van der Waals surface area (Å²) in [5, 5.41) is 11.1. The molecule has 30 heavy (non-hydrogen) atoms. The van der Waals surface area contributed by atoms with Gasteiger partial charge in [-0.1, -0.05) is 0 Å². The molecule has 0 radical (unpaired) electrons. The van der Waals surface area contributed by atoms with E-state index in [2.05, 4.69) is 9.55 Å². The van der Waals surface area contributed by atoms with Gasteiger partial charge in [0.2, 0.25) is 0 Å². The third kappa shape index (κ3) is 3.63. The minimum Gasteiger partial charge on any atom is -0.376 e. The smallest absolute Gasteiger partial charge is 0.271 e. The van der Waals surface area contributed by atoms with Crippen molar-refractivity contribution >= 4 is 22.4 Å². The van der Waals surface area contributed by atoms with E-state index in [1.807, 2.05) is 19.9 Å². The maximum Gasteiger partial charge on any atom is 0.271 e. The molecule has 4 rings (SSSR count). The zero-order chi connectivity index (χ0) is 21.4. The standard InChI is InChI=1S/C21H22N4O5/c1-13-8-18(14(2)24(13)10-16-4-3-7-30-16)20(26)11-23-12-22-19-9-15(25(28)29)5-6-17(19)21(23)27/h5-6,8-9,12,16H,3-4,7,10-11H2,1-2H3/t16-/m1/s1. The number of fused-ring (bicyclic) bond motifs is 1. The van der Waals surface area contributed by atoms with Crippen LogP contribution in [0.5, 0.6) is 0 Å². The van der Waals surface area contributed by atoms with Crippen molar-refractivity contribution < 1.29 is 14.5 Å². The number of carbonyl (C=O) groups is 1. The Balaban J connectivity index is 1.60. The number of aryl methyl sites for hydroxylation is 1. The van der Waals surface area contributed by atoms with Crippen molar-refractivity contribution in [3.05, 3.63) is 68.0 Å². The normalized spacial score (nSPS) is 16.3. The van der Waals surface area contributed by atoms with Gasteiger partial charge < -0.3 is 9.30 Å². The third-order valence-corrected chi connectivity index (χ3v) is 5.62. The first-order valence-electron chi connectivity index (χ1n) is 9.80. The van der Waals surface area contributed by atoms with E-state index in [1.165, 1.54) is 29.1 Å². The number of rotatable bonds is 6. The Hall–Kier alpha value is -3.33. The number of carbonyl (C=O) groups excluding carboxylic acids is 1. The number of non-ortho nitro benzene ring substituents is 1. The Morgan fingerprint density at radius 3 is 2.83 bits per heavy atom. The quantitative estimate of drug-likeness (QED) is 0.351. The molecule has 1 atom stereocenters. The number of aromatic nitrogens is 3. The molecule has 156 valence electrons. The molecule has 0 bridgehead atoms. The fourth-order valence-electron chi connectivity index (χ4n) is 3.97. The molecule has 3 heterocycles. The Morgan fingerprint density at radius 2 is 2.13 bits per heavy atom. The number of benzene rings is 1. The van der Waals surface area contributed by atoms with Crippen molar-refractivity contribution in [1.29, 1.82) is 0 Å². The largest absolute Gasteiger partial charge is 0.376 e. The molecule has 0 N–H and O–H groups in total. The van der Waals surface area contributed by atoms with E-state index in [0.29, 0.717) is 12.1 Å². The summed E-state index contributed by atoms with van der Waals surface area (Å²) < 4.78 is 9.04. The lowest BCUT2D eigenvalue weighted by atomic mass is 10.1. The molecule has 1 aliphatic heterocycles. The lowest BCUT2D eigenvalue weighted by molar-refractivity contribution is -0.384.